The Hall–Kier alpha value is -0.610. The Labute approximate surface area is 59.2 Å². The van der Waals surface area contributed by atoms with Crippen LogP contribution < -0.4 is 0 Å². The van der Waals surface area contributed by atoms with E-state index in [1.807, 2.05) is 0 Å². The molecule has 1 heterocycles. The summed E-state index contributed by atoms with van der Waals surface area (Å²) in [7, 11) is 0. The van der Waals surface area contributed by atoms with Gasteiger partial charge in [0.25, 0.3) is 0 Å². The van der Waals surface area contributed by atoms with Crippen molar-refractivity contribution >= 4 is 6.09 Å². The third-order valence-electron chi connectivity index (χ3n) is 1.89. The predicted molar refractivity (Wildman–Crippen MR) is 35.2 cm³/mol. The Morgan fingerprint density at radius 1 is 1.30 bits per heavy atom. The van der Waals surface area contributed by atoms with E-state index < -0.39 is 10.7 Å². The minimum Gasteiger partial charge on any atom is -0.622 e. The number of piperidine rings is 1. The topological polar surface area (TPSA) is 60.4 Å². The number of quaternary nitrogens is 1. The van der Waals surface area contributed by atoms with Crippen molar-refractivity contribution in [2.45, 2.75) is 19.3 Å². The van der Waals surface area contributed by atoms with E-state index in [4.69, 9.17) is 5.11 Å². The first-order valence-corrected chi connectivity index (χ1v) is 3.47. The van der Waals surface area contributed by atoms with E-state index >= 15 is 0 Å². The first kappa shape index (κ1) is 7.50. The molecule has 0 bridgehead atoms. The van der Waals surface area contributed by atoms with Crippen molar-refractivity contribution in [3.05, 3.63) is 5.21 Å². The van der Waals surface area contributed by atoms with Crippen molar-refractivity contribution in [1.29, 1.82) is 0 Å². The summed E-state index contributed by atoms with van der Waals surface area (Å²) in [6.07, 6.45) is 1.25. The van der Waals surface area contributed by atoms with Gasteiger partial charge in [-0.1, -0.05) is 0 Å². The Balaban J connectivity index is 2.56. The van der Waals surface area contributed by atoms with Crippen LogP contribution in [-0.2, 0) is 0 Å². The summed E-state index contributed by atoms with van der Waals surface area (Å²) in [5.74, 6) is 0. The molecule has 10 heavy (non-hydrogen) atoms. The van der Waals surface area contributed by atoms with E-state index in [2.05, 4.69) is 0 Å². The predicted octanol–water partition coefficient (Wildman–Crippen LogP) is 1.16. The normalized spacial score (nSPS) is 24.1. The van der Waals surface area contributed by atoms with E-state index in [1.54, 1.807) is 0 Å². The fraction of sp³-hybridized carbons (Fsp3) is 0.833. The summed E-state index contributed by atoms with van der Waals surface area (Å²) in [6.45, 7) is 0.491. The van der Waals surface area contributed by atoms with Gasteiger partial charge in [-0.25, -0.2) is 0 Å². The number of rotatable bonds is 0. The second-order valence-electron chi connectivity index (χ2n) is 2.68. The average molecular weight is 145 g/mol. The number of likely N-dealkylation sites (tertiary alicyclic amines) is 1. The Morgan fingerprint density at radius 3 is 2.10 bits per heavy atom. The minimum atomic E-state index is -1.24. The highest BCUT2D eigenvalue weighted by Gasteiger charge is 2.28. The fourth-order valence-corrected chi connectivity index (χ4v) is 1.21. The van der Waals surface area contributed by atoms with Gasteiger partial charge >= 0.3 is 6.09 Å². The van der Waals surface area contributed by atoms with Crippen LogP contribution in [-0.4, -0.2) is 28.9 Å². The van der Waals surface area contributed by atoms with Gasteiger partial charge in [0.05, 0.1) is 13.1 Å². The van der Waals surface area contributed by atoms with Crippen LogP contribution in [0.5, 0.6) is 0 Å². The van der Waals surface area contributed by atoms with Gasteiger partial charge in [-0.05, 0) is 19.3 Å². The van der Waals surface area contributed by atoms with E-state index in [-0.39, 0.29) is 13.1 Å². The quantitative estimate of drug-likeness (QED) is 0.411. The maximum atomic E-state index is 11.2. The van der Waals surface area contributed by atoms with Gasteiger partial charge in [-0.3, -0.25) is 4.65 Å². The van der Waals surface area contributed by atoms with Crippen LogP contribution in [0.25, 0.3) is 0 Å². The smallest absolute Gasteiger partial charge is 0.513 e. The standard InChI is InChI=1S/C6H11NO3/c8-6(9)7(10)4-2-1-3-5-7/h1-5H2,(H,8,9). The third kappa shape index (κ3) is 1.27. The molecule has 58 valence electrons. The number of amides is 1. The van der Waals surface area contributed by atoms with Crippen LogP contribution in [0.4, 0.5) is 4.79 Å². The van der Waals surface area contributed by atoms with Crippen LogP contribution in [0.3, 0.4) is 0 Å². The van der Waals surface area contributed by atoms with Gasteiger partial charge in [0, 0.05) is 0 Å². The average Bonchev–Trinajstić information content (AvgIpc) is 1.89. The fourth-order valence-electron chi connectivity index (χ4n) is 1.21. The molecule has 1 aliphatic rings. The van der Waals surface area contributed by atoms with Crippen molar-refractivity contribution in [3.8, 4) is 0 Å². The highest BCUT2D eigenvalue weighted by Crippen LogP contribution is 2.16. The lowest BCUT2D eigenvalue weighted by molar-refractivity contribution is -0.812. The molecule has 0 aromatic heterocycles. The van der Waals surface area contributed by atoms with Gasteiger partial charge in [0.2, 0.25) is 0 Å². The molecular formula is C6H11NO3. The summed E-state index contributed by atoms with van der Waals surface area (Å²) in [5.41, 5.74) is 0. The molecule has 0 spiro atoms. The van der Waals surface area contributed by atoms with Crippen molar-refractivity contribution in [3.63, 3.8) is 0 Å². The molecule has 1 saturated heterocycles. The summed E-state index contributed by atoms with van der Waals surface area (Å²) < 4.78 is -1.03. The molecule has 0 atom stereocenters. The van der Waals surface area contributed by atoms with Crippen LogP contribution in [0.15, 0.2) is 0 Å². The molecule has 4 nitrogen and oxygen atoms in total. The second kappa shape index (κ2) is 2.56. The monoisotopic (exact) mass is 145 g/mol. The van der Waals surface area contributed by atoms with E-state index in [0.717, 1.165) is 19.3 Å². The molecule has 0 saturated carbocycles. The van der Waals surface area contributed by atoms with Gasteiger partial charge in [0.15, 0.2) is 0 Å². The van der Waals surface area contributed by atoms with Crippen LogP contribution >= 0.6 is 0 Å². The van der Waals surface area contributed by atoms with Crippen LogP contribution in [0.1, 0.15) is 19.3 Å². The first-order chi connectivity index (χ1) is 4.65. The lowest BCUT2D eigenvalue weighted by atomic mass is 10.1. The Bertz CT molecular complexity index is 140. The van der Waals surface area contributed by atoms with Crippen LogP contribution in [0.2, 0.25) is 0 Å². The largest absolute Gasteiger partial charge is 0.622 e. The molecule has 1 aliphatic heterocycles. The first-order valence-electron chi connectivity index (χ1n) is 3.47. The van der Waals surface area contributed by atoms with Gasteiger partial charge in [-0.15, -0.1) is 0 Å². The summed E-state index contributed by atoms with van der Waals surface area (Å²) in [5, 5.41) is 19.6. The molecule has 0 aromatic carbocycles. The lowest BCUT2D eigenvalue weighted by Gasteiger charge is -2.39. The molecule has 1 N–H and O–H groups in total. The molecule has 1 amide bonds. The SMILES string of the molecule is O=C(O)[N+]1([O-])CCCCC1. The van der Waals surface area contributed by atoms with Crippen molar-refractivity contribution in [2.24, 2.45) is 0 Å². The Kier molecular flexibility index (Phi) is 1.92. The third-order valence-corrected chi connectivity index (χ3v) is 1.89. The molecule has 0 unspecified atom stereocenters. The number of hydrogen-bond donors (Lipinski definition) is 1. The van der Waals surface area contributed by atoms with E-state index in [9.17, 15) is 10.0 Å². The molecule has 0 aliphatic carbocycles. The molecule has 1 fully saturated rings. The maximum Gasteiger partial charge on any atom is 0.513 e. The zero-order valence-corrected chi connectivity index (χ0v) is 5.75. The highest BCUT2D eigenvalue weighted by atomic mass is 16.6. The molecule has 0 radical (unpaired) electrons. The molecule has 0 aromatic rings. The summed E-state index contributed by atoms with van der Waals surface area (Å²) >= 11 is 0. The molecule has 4 heteroatoms. The van der Waals surface area contributed by atoms with E-state index in [0.29, 0.717) is 0 Å². The number of hydroxylamine groups is 3. The maximum absolute atomic E-state index is 11.2. The van der Waals surface area contributed by atoms with Crippen molar-refractivity contribution in [2.75, 3.05) is 13.1 Å². The van der Waals surface area contributed by atoms with Gasteiger partial charge in [0.1, 0.15) is 0 Å². The van der Waals surface area contributed by atoms with Crippen LogP contribution in [0, 0.1) is 5.21 Å². The van der Waals surface area contributed by atoms with Crippen molar-refractivity contribution < 1.29 is 14.5 Å². The highest BCUT2D eigenvalue weighted by molar-refractivity contribution is 5.57. The zero-order valence-electron chi connectivity index (χ0n) is 5.75. The Morgan fingerprint density at radius 2 is 1.80 bits per heavy atom. The molecule has 1 rings (SSSR count). The van der Waals surface area contributed by atoms with Gasteiger partial charge in [-0.2, -0.15) is 4.79 Å². The summed E-state index contributed by atoms with van der Waals surface area (Å²) in [6, 6.07) is 0. The van der Waals surface area contributed by atoms with Crippen molar-refractivity contribution in [1.82, 2.24) is 0 Å². The molecular weight excluding hydrogens is 134 g/mol. The number of carboxylic acid groups (broad SMARTS) is 1. The van der Waals surface area contributed by atoms with Gasteiger partial charge < -0.3 is 10.3 Å². The lowest BCUT2D eigenvalue weighted by Crippen LogP contribution is -2.49. The minimum absolute atomic E-state index is 0.245. The number of hydrogen-bond acceptors (Lipinski definition) is 2. The second-order valence-corrected chi connectivity index (χ2v) is 2.68. The van der Waals surface area contributed by atoms with E-state index in [1.165, 1.54) is 0 Å². The number of carbonyl (C=O) groups is 1. The zero-order chi connectivity index (χ0) is 7.61. The summed E-state index contributed by atoms with van der Waals surface area (Å²) in [4.78, 5) is 10.3. The number of nitrogens with zero attached hydrogens (tertiary/aromatic N) is 1.